The van der Waals surface area contributed by atoms with Crippen LogP contribution < -0.4 is 5.32 Å². The van der Waals surface area contributed by atoms with Gasteiger partial charge in [-0.25, -0.2) is 0 Å². The van der Waals surface area contributed by atoms with Crippen molar-refractivity contribution in [2.75, 3.05) is 52.4 Å². The van der Waals surface area contributed by atoms with Gasteiger partial charge >= 0.3 is 0 Å². The van der Waals surface area contributed by atoms with Gasteiger partial charge in [0.15, 0.2) is 5.96 Å². The van der Waals surface area contributed by atoms with Gasteiger partial charge in [-0.1, -0.05) is 20.8 Å². The summed E-state index contributed by atoms with van der Waals surface area (Å²) < 4.78 is 5.93. The molecule has 0 aliphatic carbocycles. The summed E-state index contributed by atoms with van der Waals surface area (Å²) in [4.78, 5) is 9.83. The van der Waals surface area contributed by atoms with Crippen LogP contribution in [0.4, 0.5) is 0 Å². The van der Waals surface area contributed by atoms with Crippen LogP contribution in [0.25, 0.3) is 0 Å². The maximum absolute atomic E-state index is 5.93. The molecule has 142 valence electrons. The molecule has 2 heterocycles. The van der Waals surface area contributed by atoms with E-state index in [4.69, 9.17) is 9.73 Å². The van der Waals surface area contributed by atoms with Crippen molar-refractivity contribution in [1.82, 2.24) is 15.1 Å². The first kappa shape index (κ1) is 22.0. The van der Waals surface area contributed by atoms with E-state index in [2.05, 4.69) is 42.8 Å². The quantitative estimate of drug-likeness (QED) is 0.396. The minimum Gasteiger partial charge on any atom is -0.374 e. The van der Waals surface area contributed by atoms with Crippen LogP contribution in [-0.2, 0) is 4.74 Å². The van der Waals surface area contributed by atoms with Gasteiger partial charge in [0.05, 0.1) is 19.3 Å². The van der Waals surface area contributed by atoms with Crippen molar-refractivity contribution in [2.45, 2.75) is 46.6 Å². The molecule has 0 spiro atoms. The van der Waals surface area contributed by atoms with Gasteiger partial charge in [-0.15, -0.1) is 24.0 Å². The zero-order valence-electron chi connectivity index (χ0n) is 16.0. The number of nitrogens with zero attached hydrogens (tertiary/aromatic N) is 3. The number of hydrogen-bond acceptors (Lipinski definition) is 3. The molecule has 0 radical (unpaired) electrons. The molecule has 2 atom stereocenters. The summed E-state index contributed by atoms with van der Waals surface area (Å²) in [6.45, 7) is 17.0. The summed E-state index contributed by atoms with van der Waals surface area (Å²) in [5.41, 5.74) is 0. The number of guanidine groups is 1. The molecule has 24 heavy (non-hydrogen) atoms. The maximum atomic E-state index is 5.93. The Hall–Kier alpha value is -0.0800. The van der Waals surface area contributed by atoms with Crippen LogP contribution in [0.5, 0.6) is 0 Å². The van der Waals surface area contributed by atoms with Crippen molar-refractivity contribution in [1.29, 1.82) is 0 Å². The molecule has 0 aromatic heterocycles. The highest BCUT2D eigenvalue weighted by Gasteiger charge is 2.22. The summed E-state index contributed by atoms with van der Waals surface area (Å²) >= 11 is 0. The summed E-state index contributed by atoms with van der Waals surface area (Å²) in [5.74, 6) is 2.55. The highest BCUT2D eigenvalue weighted by molar-refractivity contribution is 14.0. The van der Waals surface area contributed by atoms with Crippen LogP contribution in [0.3, 0.4) is 0 Å². The fraction of sp³-hybridized carbons (Fsp3) is 0.944. The lowest BCUT2D eigenvalue weighted by molar-refractivity contribution is -0.0262. The van der Waals surface area contributed by atoms with E-state index in [1.165, 1.54) is 12.8 Å². The minimum atomic E-state index is 0. The van der Waals surface area contributed by atoms with Crippen LogP contribution in [0.1, 0.15) is 40.5 Å². The summed E-state index contributed by atoms with van der Waals surface area (Å²) in [7, 11) is 0. The van der Waals surface area contributed by atoms with Gasteiger partial charge in [0.2, 0.25) is 0 Å². The third-order valence-electron chi connectivity index (χ3n) is 4.58. The highest BCUT2D eigenvalue weighted by atomic mass is 127. The smallest absolute Gasteiger partial charge is 0.194 e. The number of rotatable bonds is 5. The van der Waals surface area contributed by atoms with Gasteiger partial charge in [-0.3, -0.25) is 9.89 Å². The Morgan fingerprint density at radius 2 is 2.08 bits per heavy atom. The Morgan fingerprint density at radius 3 is 2.75 bits per heavy atom. The molecule has 2 unspecified atom stereocenters. The van der Waals surface area contributed by atoms with E-state index >= 15 is 0 Å². The fourth-order valence-electron chi connectivity index (χ4n) is 3.57. The maximum Gasteiger partial charge on any atom is 0.194 e. The molecule has 2 rings (SSSR count). The van der Waals surface area contributed by atoms with E-state index in [0.717, 1.165) is 64.3 Å². The van der Waals surface area contributed by atoms with Gasteiger partial charge in [0.1, 0.15) is 0 Å². The number of piperidine rings is 1. The first-order valence-electron chi connectivity index (χ1n) is 9.45. The average molecular weight is 452 g/mol. The van der Waals surface area contributed by atoms with Crippen molar-refractivity contribution >= 4 is 29.9 Å². The van der Waals surface area contributed by atoms with Gasteiger partial charge in [0, 0.05) is 39.3 Å². The van der Waals surface area contributed by atoms with E-state index in [0.29, 0.717) is 5.92 Å². The van der Waals surface area contributed by atoms with Crippen LogP contribution in [-0.4, -0.2) is 74.3 Å². The van der Waals surface area contributed by atoms with E-state index < -0.39 is 0 Å². The van der Waals surface area contributed by atoms with E-state index in [9.17, 15) is 0 Å². The lowest BCUT2D eigenvalue weighted by atomic mass is 10.0. The third-order valence-corrected chi connectivity index (χ3v) is 4.58. The summed E-state index contributed by atoms with van der Waals surface area (Å²) in [6.07, 6.45) is 2.85. The summed E-state index contributed by atoms with van der Waals surface area (Å²) in [5, 5.41) is 3.46. The van der Waals surface area contributed by atoms with Crippen molar-refractivity contribution < 1.29 is 4.74 Å². The number of ether oxygens (including phenoxy) is 1. The molecule has 6 heteroatoms. The van der Waals surface area contributed by atoms with E-state index in [1.54, 1.807) is 0 Å². The topological polar surface area (TPSA) is 40.1 Å². The molecular formula is C18H37IN4O. The van der Waals surface area contributed by atoms with E-state index in [1.807, 2.05) is 0 Å². The van der Waals surface area contributed by atoms with Crippen LogP contribution in [0, 0.1) is 11.8 Å². The number of morpholine rings is 1. The summed E-state index contributed by atoms with van der Waals surface area (Å²) in [6, 6.07) is 0. The van der Waals surface area contributed by atoms with Crippen molar-refractivity contribution in [2.24, 2.45) is 16.8 Å². The molecule has 2 aliphatic heterocycles. The van der Waals surface area contributed by atoms with Gasteiger partial charge in [-0.05, 0) is 31.6 Å². The van der Waals surface area contributed by atoms with Crippen molar-refractivity contribution in [3.05, 3.63) is 0 Å². The number of likely N-dealkylation sites (tertiary alicyclic amines) is 1. The molecule has 0 bridgehead atoms. The molecule has 0 saturated carbocycles. The second-order valence-electron chi connectivity index (χ2n) is 7.53. The number of halogens is 1. The zero-order chi connectivity index (χ0) is 16.7. The van der Waals surface area contributed by atoms with Crippen molar-refractivity contribution in [3.63, 3.8) is 0 Å². The molecule has 0 amide bonds. The molecular weight excluding hydrogens is 415 g/mol. The molecule has 0 aromatic carbocycles. The Labute approximate surface area is 165 Å². The van der Waals surface area contributed by atoms with Crippen molar-refractivity contribution in [3.8, 4) is 0 Å². The van der Waals surface area contributed by atoms with Gasteiger partial charge in [0.25, 0.3) is 0 Å². The average Bonchev–Trinajstić information content (AvgIpc) is 2.51. The standard InChI is InChI=1S/C18H36N4O.HI/c1-5-19-18(22-8-6-7-16(4)13-22)20-11-17-14-21(9-10-23-17)12-15(2)3;/h15-17H,5-14H2,1-4H3,(H,19,20);1H. The van der Waals surface area contributed by atoms with Crippen LogP contribution in [0.2, 0.25) is 0 Å². The van der Waals surface area contributed by atoms with Crippen LogP contribution >= 0.6 is 24.0 Å². The highest BCUT2D eigenvalue weighted by Crippen LogP contribution is 2.16. The molecule has 2 aliphatic rings. The largest absolute Gasteiger partial charge is 0.374 e. The lowest BCUT2D eigenvalue weighted by Crippen LogP contribution is -2.48. The zero-order valence-corrected chi connectivity index (χ0v) is 18.3. The third kappa shape index (κ3) is 7.44. The second-order valence-corrected chi connectivity index (χ2v) is 7.53. The van der Waals surface area contributed by atoms with Crippen LogP contribution in [0.15, 0.2) is 4.99 Å². The van der Waals surface area contributed by atoms with Gasteiger partial charge < -0.3 is 15.0 Å². The Bertz CT molecular complexity index is 378. The normalized spacial score (nSPS) is 26.4. The predicted octanol–water partition coefficient (Wildman–Crippen LogP) is 2.66. The number of hydrogen-bond donors (Lipinski definition) is 1. The first-order valence-corrected chi connectivity index (χ1v) is 9.45. The Morgan fingerprint density at radius 1 is 1.29 bits per heavy atom. The predicted molar refractivity (Wildman–Crippen MR) is 112 cm³/mol. The Balaban J connectivity index is 0.00000288. The minimum absolute atomic E-state index is 0. The van der Waals surface area contributed by atoms with E-state index in [-0.39, 0.29) is 30.1 Å². The number of nitrogens with one attached hydrogen (secondary N) is 1. The second kappa shape index (κ2) is 11.5. The Kier molecular flexibility index (Phi) is 10.5. The first-order chi connectivity index (χ1) is 11.1. The number of aliphatic imine (C=N–C) groups is 1. The lowest BCUT2D eigenvalue weighted by Gasteiger charge is -2.35. The molecule has 2 saturated heterocycles. The van der Waals surface area contributed by atoms with Gasteiger partial charge in [-0.2, -0.15) is 0 Å². The molecule has 1 N–H and O–H groups in total. The molecule has 2 fully saturated rings. The fourth-order valence-corrected chi connectivity index (χ4v) is 3.57. The monoisotopic (exact) mass is 452 g/mol. The molecule has 0 aromatic rings. The molecule has 5 nitrogen and oxygen atoms in total. The SMILES string of the molecule is CCNC(=NCC1CN(CC(C)C)CCO1)N1CCCC(C)C1.I.